The number of carbonyl (C=O) groups is 3. The Morgan fingerprint density at radius 1 is 1.10 bits per heavy atom. The summed E-state index contributed by atoms with van der Waals surface area (Å²) in [6.45, 7) is 0.391. The summed E-state index contributed by atoms with van der Waals surface area (Å²) in [4.78, 5) is 46.6. The number of nitrogens with zero attached hydrogens (tertiary/aromatic N) is 5. The lowest BCUT2D eigenvalue weighted by Crippen LogP contribution is -2.44. The minimum Gasteiger partial charge on any atom is -0.593 e. The van der Waals surface area contributed by atoms with Gasteiger partial charge in [0.15, 0.2) is 0 Å². The van der Waals surface area contributed by atoms with Gasteiger partial charge in [0.2, 0.25) is 11.7 Å². The van der Waals surface area contributed by atoms with E-state index in [0.717, 1.165) is 31.4 Å². The molecule has 0 saturated heterocycles. The second kappa shape index (κ2) is 21.2. The third kappa shape index (κ3) is 13.1. The number of allylic oxidation sites excluding steroid dienone is 2. The third-order valence-electron chi connectivity index (χ3n) is 10.5. The Morgan fingerprint density at radius 3 is 2.30 bits per heavy atom. The van der Waals surface area contributed by atoms with E-state index < -0.39 is 159 Å². The minimum atomic E-state index is -5.26. The first-order valence-electron chi connectivity index (χ1n) is 20.3. The molecule has 0 radical (unpaired) electrons. The van der Waals surface area contributed by atoms with Gasteiger partial charge in [-0.25, -0.2) is 18.6 Å². The molecule has 1 aliphatic rings. The number of aliphatic imine (C=N–C) groups is 1. The molecule has 3 unspecified atom stereocenters. The highest BCUT2D eigenvalue weighted by Crippen LogP contribution is 2.45. The first-order chi connectivity index (χ1) is 32.3. The van der Waals surface area contributed by atoms with Crippen LogP contribution in [0, 0.1) is 29.4 Å². The van der Waals surface area contributed by atoms with Gasteiger partial charge in [-0.15, -0.1) is 5.10 Å². The number of aliphatic carboxylic acids is 1. The molecule has 2 aromatic heterocycles. The number of urea groups is 1. The molecule has 0 spiro atoms. The minimum absolute atomic E-state index is 0.153. The monoisotopic (exact) mass is 1050 g/mol. The van der Waals surface area contributed by atoms with Gasteiger partial charge >= 0.3 is 24.4 Å². The number of alkyl halides is 8. The van der Waals surface area contributed by atoms with E-state index in [2.05, 4.69) is 37.5 Å². The Hall–Kier alpha value is -5.91. The Balaban J connectivity index is 1.82. The zero-order valence-electron chi connectivity index (χ0n) is 37.2. The van der Waals surface area contributed by atoms with Crippen molar-refractivity contribution >= 4 is 74.1 Å². The highest BCUT2D eigenvalue weighted by Gasteiger charge is 2.52. The van der Waals surface area contributed by atoms with Gasteiger partial charge in [-0.1, -0.05) is 34.8 Å². The zero-order chi connectivity index (χ0) is 52.4. The number of hydrogen-bond acceptors (Lipinski definition) is 9. The number of nitrogens with two attached hydrogens (primary N) is 1. The molecule has 5 N–H and O–H groups in total. The van der Waals surface area contributed by atoms with Crippen LogP contribution in [-0.2, 0) is 44.7 Å². The molecule has 0 aliphatic heterocycles. The highest BCUT2D eigenvalue weighted by molar-refractivity contribution is 7.92. The molecule has 378 valence electrons. The largest absolute Gasteiger partial charge is 0.593 e. The summed E-state index contributed by atoms with van der Waals surface area (Å²) in [6, 6.07) is 4.06. The predicted octanol–water partition coefficient (Wildman–Crippen LogP) is 7.68. The first-order valence-corrected chi connectivity index (χ1v) is 23.8. The quantitative estimate of drug-likeness (QED) is 0.0554. The summed E-state index contributed by atoms with van der Waals surface area (Å²) >= 11 is 4.20. The van der Waals surface area contributed by atoms with Crippen LogP contribution in [0.2, 0.25) is 5.02 Å². The van der Waals surface area contributed by atoms with Crippen molar-refractivity contribution in [2.45, 2.75) is 75.6 Å². The number of fused-ring (bicyclic) bond motifs is 1. The topological polar surface area (TPSA) is 208 Å². The van der Waals surface area contributed by atoms with Crippen LogP contribution in [0.3, 0.4) is 0 Å². The van der Waals surface area contributed by atoms with Crippen molar-refractivity contribution in [1.82, 2.24) is 25.4 Å². The van der Waals surface area contributed by atoms with Crippen molar-refractivity contribution in [2.75, 3.05) is 29.9 Å². The Kier molecular flexibility index (Phi) is 16.7. The molecule has 5 rings (SSSR count). The molecule has 2 aromatic carbocycles. The Morgan fingerprint density at radius 2 is 1.73 bits per heavy atom. The van der Waals surface area contributed by atoms with Gasteiger partial charge in [-0.3, -0.25) is 23.5 Å². The van der Waals surface area contributed by atoms with Crippen molar-refractivity contribution in [3.63, 3.8) is 0 Å². The van der Waals surface area contributed by atoms with Crippen LogP contribution in [-0.4, -0.2) is 101 Å². The number of carboxylic acid groups (broad SMARTS) is 1. The third-order valence-corrected chi connectivity index (χ3v) is 13.2. The van der Waals surface area contributed by atoms with Crippen molar-refractivity contribution in [3.05, 3.63) is 87.3 Å². The molecule has 0 bridgehead atoms. The summed E-state index contributed by atoms with van der Waals surface area (Å²) < 4.78 is 170. The van der Waals surface area contributed by atoms with E-state index in [-0.39, 0.29) is 33.1 Å². The van der Waals surface area contributed by atoms with Gasteiger partial charge in [-0.05, 0) is 68.0 Å². The van der Waals surface area contributed by atoms with Crippen molar-refractivity contribution in [2.24, 2.45) is 16.6 Å². The van der Waals surface area contributed by atoms with Crippen LogP contribution in [0.25, 0.3) is 22.0 Å². The summed E-state index contributed by atoms with van der Waals surface area (Å²) in [5.74, 6) is -5.50. The van der Waals surface area contributed by atoms with Crippen LogP contribution in [0.1, 0.15) is 56.6 Å². The molecule has 70 heavy (non-hydrogen) atoms. The second-order valence-corrected chi connectivity index (χ2v) is 19.8. The number of amides is 3. The molecular formula is C43H41ClF10N8O6S2. The van der Waals surface area contributed by atoms with Gasteiger partial charge < -0.3 is 26.0 Å². The number of halogens is 11. The molecule has 3 amide bonds. The van der Waals surface area contributed by atoms with Gasteiger partial charge in [0.25, 0.3) is 5.92 Å². The summed E-state index contributed by atoms with van der Waals surface area (Å²) in [6.07, 6.45) is -10.4. The van der Waals surface area contributed by atoms with Gasteiger partial charge in [-0.2, -0.15) is 35.1 Å². The Bertz CT molecular complexity index is 2840. The standard InChI is InChI=1S/C43H41ClF10N8O6S2/c1-21-18-41(47,48)37(32(21)36(55)43(52,53)54)57-19-30(63)59-29(16-22-14-23(45)17-24(46)15-22)34-26(7-6-25(58-34)10-12-40(2,3)69(4)67)27-8-9-28(44)33-35(27)61(20-42(49,50)51)60-38(33)62(70(5)68)39(66)56-13-11-31(64)65/h6-9,14-15,17,21,29H,11,13,16,18-20,55H2,1-5H3,(H,56,66)(H,59,63)(H,64,65)/t21-,29?,69?,70?/m0/s1. The normalized spacial score (nSPS) is 17.7. The maximum Gasteiger partial charge on any atom is 0.431 e. The number of pyridine rings is 1. The number of hydrogen-bond donors (Lipinski definition) is 4. The Labute approximate surface area is 402 Å². The van der Waals surface area contributed by atoms with Gasteiger partial charge in [0.05, 0.1) is 45.4 Å². The fourth-order valence-corrected chi connectivity index (χ4v) is 8.35. The van der Waals surface area contributed by atoms with Crippen molar-refractivity contribution in [1.29, 1.82) is 0 Å². The maximum atomic E-state index is 15.2. The van der Waals surface area contributed by atoms with E-state index >= 15 is 8.78 Å². The fraction of sp³-hybridized carbons (Fsp3) is 0.395. The molecule has 27 heteroatoms. The fourth-order valence-electron chi connectivity index (χ4n) is 7.24. The summed E-state index contributed by atoms with van der Waals surface area (Å²) in [7, 11) is -1.56. The van der Waals surface area contributed by atoms with E-state index in [4.69, 9.17) is 22.4 Å². The van der Waals surface area contributed by atoms with Crippen molar-refractivity contribution < 1.29 is 72.2 Å². The maximum absolute atomic E-state index is 15.2. The van der Waals surface area contributed by atoms with E-state index in [1.807, 2.05) is 0 Å². The van der Waals surface area contributed by atoms with Crippen LogP contribution in [0.5, 0.6) is 0 Å². The summed E-state index contributed by atoms with van der Waals surface area (Å²) in [5, 5.41) is 16.9. The SMILES string of the molecule is C[C@H]1CC(F)(F)C(=NCC(=O)NC(Cc2cc(F)cc(F)c2)c2nc(C#CC(C)(C)S(C)=O)ccc2-c2ccc(Cl)c3c(N(C(=O)NCCC(=O)O)[S+](C)[O-])nn(CC(F)(F)F)c23)C1=C(N)C(F)(F)F. The van der Waals surface area contributed by atoms with Gasteiger partial charge in [0.1, 0.15) is 52.8 Å². The average molecular weight is 1060 g/mol. The number of nitrogens with one attached hydrogen (secondary N) is 2. The van der Waals surface area contributed by atoms with Gasteiger partial charge in [0, 0.05) is 52.8 Å². The van der Waals surface area contributed by atoms with E-state index in [1.54, 1.807) is 0 Å². The lowest BCUT2D eigenvalue weighted by Gasteiger charge is -2.23. The smallest absolute Gasteiger partial charge is 0.431 e. The second-order valence-electron chi connectivity index (χ2n) is 16.3. The van der Waals surface area contributed by atoms with Crippen molar-refractivity contribution in [3.8, 4) is 23.0 Å². The van der Waals surface area contributed by atoms with E-state index in [9.17, 15) is 58.3 Å². The number of carboxylic acids is 1. The molecule has 4 atom stereocenters. The number of carbonyl (C=O) groups excluding carboxylic acids is 2. The summed E-state index contributed by atoms with van der Waals surface area (Å²) in [5.41, 5.74) is -0.743. The molecule has 1 saturated carbocycles. The number of anilines is 1. The molecular weight excluding hydrogens is 1010 g/mol. The number of benzene rings is 2. The molecule has 1 fully saturated rings. The average Bonchev–Trinajstić information content (AvgIpc) is 3.68. The van der Waals surface area contributed by atoms with Crippen LogP contribution >= 0.6 is 11.6 Å². The van der Waals surface area contributed by atoms with E-state index in [1.165, 1.54) is 38.3 Å². The molecule has 14 nitrogen and oxygen atoms in total. The lowest BCUT2D eigenvalue weighted by molar-refractivity contribution is -0.142. The van der Waals surface area contributed by atoms with E-state index in [0.29, 0.717) is 15.1 Å². The number of rotatable bonds is 14. The first kappa shape index (κ1) is 55.0. The molecule has 4 aromatic rings. The van der Waals surface area contributed by atoms with Crippen LogP contribution < -0.4 is 20.7 Å². The highest BCUT2D eigenvalue weighted by atomic mass is 35.5. The molecule has 2 heterocycles. The zero-order valence-corrected chi connectivity index (χ0v) is 39.6. The molecule has 1 aliphatic carbocycles. The lowest BCUT2D eigenvalue weighted by atomic mass is 9.93. The van der Waals surface area contributed by atoms with Crippen LogP contribution in [0.15, 0.2) is 58.7 Å². The number of aromatic nitrogens is 3. The van der Waals surface area contributed by atoms with Crippen LogP contribution in [0.4, 0.5) is 54.5 Å². The predicted molar refractivity (Wildman–Crippen MR) is 240 cm³/mol.